The molecule has 0 aromatic carbocycles. The van der Waals surface area contributed by atoms with Crippen LogP contribution in [0.2, 0.25) is 0 Å². The molecule has 1 amide bonds. The first-order valence-corrected chi connectivity index (χ1v) is 6.64. The van der Waals surface area contributed by atoms with Gasteiger partial charge in [0.1, 0.15) is 0 Å². The molecule has 0 saturated heterocycles. The van der Waals surface area contributed by atoms with Crippen LogP contribution < -0.4 is 11.1 Å². The lowest BCUT2D eigenvalue weighted by molar-refractivity contribution is -0.126. The topological polar surface area (TPSA) is 75.4 Å². The number of amides is 1. The normalized spacial score (nSPS) is 29.4. The molecule has 0 bridgehead atoms. The number of aliphatic hydroxyl groups is 1. The molecule has 1 rings (SSSR count). The number of nitrogens with one attached hydrogen (secondary N) is 1. The molecule has 1 aliphatic carbocycles. The predicted molar refractivity (Wildman–Crippen MR) is 68.4 cm³/mol. The minimum absolute atomic E-state index is 0.0225. The van der Waals surface area contributed by atoms with Gasteiger partial charge in [-0.1, -0.05) is 13.8 Å². The van der Waals surface area contributed by atoms with Gasteiger partial charge in [0.25, 0.3) is 0 Å². The van der Waals surface area contributed by atoms with Crippen molar-refractivity contribution in [2.45, 2.75) is 51.5 Å². The fraction of sp³-hybridized carbons (Fsp3) is 0.923. The molecule has 100 valence electrons. The number of carbonyl (C=O) groups excluding carboxylic acids is 1. The van der Waals surface area contributed by atoms with Gasteiger partial charge in [0.2, 0.25) is 5.91 Å². The lowest BCUT2D eigenvalue weighted by Gasteiger charge is -2.35. The van der Waals surface area contributed by atoms with Crippen molar-refractivity contribution in [2.24, 2.45) is 17.6 Å². The van der Waals surface area contributed by atoms with Crippen LogP contribution in [0, 0.1) is 11.8 Å². The maximum atomic E-state index is 11.9. The van der Waals surface area contributed by atoms with Crippen molar-refractivity contribution in [2.75, 3.05) is 13.2 Å². The number of hydrogen-bond acceptors (Lipinski definition) is 3. The molecular weight excluding hydrogens is 216 g/mol. The molecule has 0 aromatic rings. The number of carbonyl (C=O) groups is 1. The van der Waals surface area contributed by atoms with Crippen LogP contribution in [0.25, 0.3) is 0 Å². The summed E-state index contributed by atoms with van der Waals surface area (Å²) in [7, 11) is 0. The van der Waals surface area contributed by atoms with Gasteiger partial charge < -0.3 is 16.2 Å². The van der Waals surface area contributed by atoms with Gasteiger partial charge in [-0.25, -0.2) is 0 Å². The summed E-state index contributed by atoms with van der Waals surface area (Å²) in [6, 6.07) is 0. The first-order valence-electron chi connectivity index (χ1n) is 6.64. The molecule has 1 saturated carbocycles. The van der Waals surface area contributed by atoms with E-state index in [1.807, 2.05) is 0 Å². The monoisotopic (exact) mass is 242 g/mol. The molecule has 0 heterocycles. The van der Waals surface area contributed by atoms with Crippen molar-refractivity contribution in [1.82, 2.24) is 5.32 Å². The third-order valence-electron chi connectivity index (χ3n) is 3.69. The van der Waals surface area contributed by atoms with Crippen molar-refractivity contribution in [1.29, 1.82) is 0 Å². The summed E-state index contributed by atoms with van der Waals surface area (Å²) in [4.78, 5) is 11.9. The Labute approximate surface area is 104 Å². The molecule has 0 radical (unpaired) electrons. The largest absolute Gasteiger partial charge is 0.394 e. The Kier molecular flexibility index (Phi) is 5.40. The zero-order valence-electron chi connectivity index (χ0n) is 11.0. The lowest BCUT2D eigenvalue weighted by atomic mass is 9.77. The van der Waals surface area contributed by atoms with Crippen LogP contribution in [-0.4, -0.2) is 29.7 Å². The van der Waals surface area contributed by atoms with Crippen molar-refractivity contribution in [3.05, 3.63) is 0 Å². The van der Waals surface area contributed by atoms with Crippen LogP contribution in [0.3, 0.4) is 0 Å². The minimum atomic E-state index is -0.450. The Morgan fingerprint density at radius 1 is 1.47 bits per heavy atom. The smallest absolute Gasteiger partial charge is 0.223 e. The summed E-state index contributed by atoms with van der Waals surface area (Å²) >= 11 is 0. The van der Waals surface area contributed by atoms with E-state index in [9.17, 15) is 4.79 Å². The Hall–Kier alpha value is -0.610. The zero-order valence-corrected chi connectivity index (χ0v) is 11.0. The summed E-state index contributed by atoms with van der Waals surface area (Å²) in [5, 5.41) is 12.1. The van der Waals surface area contributed by atoms with E-state index in [4.69, 9.17) is 10.8 Å². The molecule has 4 heteroatoms. The van der Waals surface area contributed by atoms with Crippen LogP contribution in [0.4, 0.5) is 0 Å². The molecule has 0 spiro atoms. The van der Waals surface area contributed by atoms with E-state index in [1.165, 1.54) is 0 Å². The molecule has 4 nitrogen and oxygen atoms in total. The highest BCUT2D eigenvalue weighted by atomic mass is 16.3. The molecule has 0 aliphatic heterocycles. The van der Waals surface area contributed by atoms with Crippen molar-refractivity contribution < 1.29 is 9.90 Å². The number of aliphatic hydroxyl groups excluding tert-OH is 1. The molecule has 0 unspecified atom stereocenters. The minimum Gasteiger partial charge on any atom is -0.394 e. The quantitative estimate of drug-likeness (QED) is 0.674. The Morgan fingerprint density at radius 3 is 2.53 bits per heavy atom. The fourth-order valence-corrected chi connectivity index (χ4v) is 2.24. The SMILES string of the molecule is CC(C)CCNC(=O)C1CCC(N)(CO)CC1. The maximum absolute atomic E-state index is 11.9. The van der Waals surface area contributed by atoms with Crippen molar-refractivity contribution >= 4 is 5.91 Å². The maximum Gasteiger partial charge on any atom is 0.223 e. The van der Waals surface area contributed by atoms with Gasteiger partial charge in [-0.05, 0) is 38.0 Å². The number of rotatable bonds is 5. The molecular formula is C13H26N2O2. The molecule has 4 N–H and O–H groups in total. The van der Waals surface area contributed by atoms with Gasteiger partial charge in [0.15, 0.2) is 0 Å². The van der Waals surface area contributed by atoms with Crippen molar-refractivity contribution in [3.63, 3.8) is 0 Å². The second kappa shape index (κ2) is 6.36. The Balaban J connectivity index is 2.26. The Bertz CT molecular complexity index is 246. The average Bonchev–Trinajstić information content (AvgIpc) is 2.29. The van der Waals surface area contributed by atoms with E-state index in [2.05, 4.69) is 19.2 Å². The van der Waals surface area contributed by atoms with Gasteiger partial charge >= 0.3 is 0 Å². The van der Waals surface area contributed by atoms with E-state index >= 15 is 0 Å². The van der Waals surface area contributed by atoms with Crippen LogP contribution in [0.1, 0.15) is 46.0 Å². The average molecular weight is 242 g/mol. The van der Waals surface area contributed by atoms with E-state index < -0.39 is 5.54 Å². The molecule has 1 aliphatic rings. The van der Waals surface area contributed by atoms with Gasteiger partial charge in [-0.15, -0.1) is 0 Å². The van der Waals surface area contributed by atoms with Crippen LogP contribution in [-0.2, 0) is 4.79 Å². The highest BCUT2D eigenvalue weighted by Gasteiger charge is 2.33. The van der Waals surface area contributed by atoms with Crippen LogP contribution in [0.15, 0.2) is 0 Å². The first-order chi connectivity index (χ1) is 7.97. The van der Waals surface area contributed by atoms with Gasteiger partial charge in [-0.3, -0.25) is 4.79 Å². The molecule has 0 aromatic heterocycles. The zero-order chi connectivity index (χ0) is 12.9. The molecule has 0 atom stereocenters. The van der Waals surface area contributed by atoms with E-state index in [1.54, 1.807) is 0 Å². The van der Waals surface area contributed by atoms with E-state index in [0.717, 1.165) is 38.6 Å². The number of nitrogens with two attached hydrogens (primary N) is 1. The lowest BCUT2D eigenvalue weighted by Crippen LogP contribution is -2.48. The highest BCUT2D eigenvalue weighted by molar-refractivity contribution is 5.78. The standard InChI is InChI=1S/C13H26N2O2/c1-10(2)5-8-15-12(17)11-3-6-13(14,9-16)7-4-11/h10-11,16H,3-9,14H2,1-2H3,(H,15,17). The highest BCUT2D eigenvalue weighted by Crippen LogP contribution is 2.30. The van der Waals surface area contributed by atoms with Gasteiger partial charge in [-0.2, -0.15) is 0 Å². The van der Waals surface area contributed by atoms with Gasteiger partial charge in [0.05, 0.1) is 6.61 Å². The second-order valence-electron chi connectivity index (χ2n) is 5.77. The first kappa shape index (κ1) is 14.5. The Morgan fingerprint density at radius 2 is 2.06 bits per heavy atom. The van der Waals surface area contributed by atoms with Gasteiger partial charge in [0, 0.05) is 18.0 Å². The summed E-state index contributed by atoms with van der Waals surface area (Å²) in [6.07, 6.45) is 4.10. The van der Waals surface area contributed by atoms with Crippen LogP contribution >= 0.6 is 0 Å². The third-order valence-corrected chi connectivity index (χ3v) is 3.69. The second-order valence-corrected chi connectivity index (χ2v) is 5.77. The summed E-state index contributed by atoms with van der Waals surface area (Å²) in [5.41, 5.74) is 5.53. The molecule has 1 fully saturated rings. The summed E-state index contributed by atoms with van der Waals surface area (Å²) in [6.45, 7) is 5.09. The fourth-order valence-electron chi connectivity index (χ4n) is 2.24. The summed E-state index contributed by atoms with van der Waals surface area (Å²) < 4.78 is 0. The molecule has 17 heavy (non-hydrogen) atoms. The third kappa shape index (κ3) is 4.64. The van der Waals surface area contributed by atoms with E-state index in [0.29, 0.717) is 5.92 Å². The summed E-state index contributed by atoms with van der Waals surface area (Å²) in [5.74, 6) is 0.865. The predicted octanol–water partition coefficient (Wildman–Crippen LogP) is 1.03. The van der Waals surface area contributed by atoms with E-state index in [-0.39, 0.29) is 18.4 Å². The van der Waals surface area contributed by atoms with Crippen LogP contribution in [0.5, 0.6) is 0 Å². The van der Waals surface area contributed by atoms with Crippen molar-refractivity contribution in [3.8, 4) is 0 Å². The number of hydrogen-bond donors (Lipinski definition) is 3.